The van der Waals surface area contributed by atoms with Gasteiger partial charge in [-0.25, -0.2) is 4.79 Å². The van der Waals surface area contributed by atoms with Crippen LogP contribution in [0.15, 0.2) is 82.2 Å². The fourth-order valence-corrected chi connectivity index (χ4v) is 2.96. The number of carbonyl (C=O) groups is 1. The molecule has 4 aromatic rings. The van der Waals surface area contributed by atoms with Crippen molar-refractivity contribution in [2.24, 2.45) is 0 Å². The number of aryl methyl sites for hydroxylation is 1. The summed E-state index contributed by atoms with van der Waals surface area (Å²) in [6, 6.07) is 18.4. The number of hydrogen-bond donors (Lipinski definition) is 0. The van der Waals surface area contributed by atoms with E-state index in [1.165, 1.54) is 24.5 Å². The first-order chi connectivity index (χ1) is 14.0. The SMILES string of the molecule is Cc1ccc(Oc2coc3cc(OC(=O)c4ccccc4Cl)ccc3c2=O)cc1. The van der Waals surface area contributed by atoms with Crippen LogP contribution < -0.4 is 14.9 Å². The molecule has 0 bridgehead atoms. The Hall–Kier alpha value is -3.57. The average Bonchev–Trinajstić information content (AvgIpc) is 2.72. The number of hydrogen-bond acceptors (Lipinski definition) is 5. The molecule has 0 radical (unpaired) electrons. The molecule has 0 spiro atoms. The summed E-state index contributed by atoms with van der Waals surface area (Å²) in [5, 5.41) is 0.606. The average molecular weight is 407 g/mol. The van der Waals surface area contributed by atoms with Gasteiger partial charge in [0.25, 0.3) is 0 Å². The van der Waals surface area contributed by atoms with E-state index in [9.17, 15) is 9.59 Å². The number of carbonyl (C=O) groups excluding carboxylic acids is 1. The van der Waals surface area contributed by atoms with Crippen molar-refractivity contribution in [2.45, 2.75) is 6.92 Å². The summed E-state index contributed by atoms with van der Waals surface area (Å²) in [6.07, 6.45) is 1.24. The Balaban J connectivity index is 1.60. The first-order valence-electron chi connectivity index (χ1n) is 8.78. The summed E-state index contributed by atoms with van der Waals surface area (Å²) < 4.78 is 16.5. The summed E-state index contributed by atoms with van der Waals surface area (Å²) in [6.45, 7) is 1.96. The van der Waals surface area contributed by atoms with Crippen molar-refractivity contribution in [2.75, 3.05) is 0 Å². The Morgan fingerprint density at radius 1 is 0.966 bits per heavy atom. The van der Waals surface area contributed by atoms with Gasteiger partial charge in [0, 0.05) is 6.07 Å². The van der Waals surface area contributed by atoms with E-state index < -0.39 is 5.97 Å². The molecule has 1 heterocycles. The minimum atomic E-state index is -0.600. The second-order valence-electron chi connectivity index (χ2n) is 6.37. The molecular weight excluding hydrogens is 392 g/mol. The topological polar surface area (TPSA) is 65.7 Å². The number of esters is 1. The molecule has 144 valence electrons. The first kappa shape index (κ1) is 18.8. The van der Waals surface area contributed by atoms with Crippen LogP contribution in [0.25, 0.3) is 11.0 Å². The Morgan fingerprint density at radius 3 is 2.45 bits per heavy atom. The summed E-state index contributed by atoms with van der Waals surface area (Å²) in [7, 11) is 0. The highest BCUT2D eigenvalue weighted by Gasteiger charge is 2.14. The van der Waals surface area contributed by atoms with Crippen molar-refractivity contribution in [3.8, 4) is 17.2 Å². The van der Waals surface area contributed by atoms with Crippen molar-refractivity contribution < 1.29 is 18.7 Å². The third-order valence-electron chi connectivity index (χ3n) is 4.27. The molecule has 3 aromatic carbocycles. The molecular formula is C23H15ClO5. The summed E-state index contributed by atoms with van der Waals surface area (Å²) >= 11 is 6.02. The van der Waals surface area contributed by atoms with Crippen LogP contribution in [0, 0.1) is 6.92 Å². The zero-order valence-corrected chi connectivity index (χ0v) is 16.1. The van der Waals surface area contributed by atoms with Gasteiger partial charge >= 0.3 is 5.97 Å². The Bertz CT molecular complexity index is 1260. The van der Waals surface area contributed by atoms with Gasteiger partial charge < -0.3 is 13.9 Å². The number of rotatable bonds is 4. The monoisotopic (exact) mass is 406 g/mol. The number of halogens is 1. The minimum absolute atomic E-state index is 0.0714. The van der Waals surface area contributed by atoms with E-state index in [1.807, 2.05) is 19.1 Å². The molecule has 1 aromatic heterocycles. The summed E-state index contributed by atoms with van der Waals surface area (Å²) in [5.41, 5.74) is 1.28. The molecule has 0 aliphatic carbocycles. The molecule has 0 saturated carbocycles. The molecule has 0 atom stereocenters. The van der Waals surface area contributed by atoms with Crippen LogP contribution in [0.2, 0.25) is 5.02 Å². The van der Waals surface area contributed by atoms with Crippen molar-refractivity contribution in [3.05, 3.63) is 99.4 Å². The molecule has 0 saturated heterocycles. The van der Waals surface area contributed by atoms with Crippen LogP contribution in [-0.2, 0) is 0 Å². The molecule has 4 rings (SSSR count). The second-order valence-corrected chi connectivity index (χ2v) is 6.78. The van der Waals surface area contributed by atoms with E-state index in [-0.39, 0.29) is 28.1 Å². The lowest BCUT2D eigenvalue weighted by Gasteiger charge is -2.08. The maximum absolute atomic E-state index is 12.7. The van der Waals surface area contributed by atoms with Gasteiger partial charge in [-0.1, -0.05) is 41.4 Å². The Kier molecular flexibility index (Phi) is 5.06. The number of fused-ring (bicyclic) bond motifs is 1. The largest absolute Gasteiger partial charge is 0.460 e. The van der Waals surface area contributed by atoms with Crippen LogP contribution in [0.5, 0.6) is 17.2 Å². The van der Waals surface area contributed by atoms with E-state index in [2.05, 4.69) is 0 Å². The third kappa shape index (κ3) is 4.00. The molecule has 0 aliphatic heterocycles. The predicted molar refractivity (Wildman–Crippen MR) is 110 cm³/mol. The van der Waals surface area contributed by atoms with E-state index in [0.29, 0.717) is 16.2 Å². The van der Waals surface area contributed by atoms with Gasteiger partial charge in [0.15, 0.2) is 0 Å². The van der Waals surface area contributed by atoms with Crippen molar-refractivity contribution in [1.29, 1.82) is 0 Å². The van der Waals surface area contributed by atoms with Gasteiger partial charge in [0.05, 0.1) is 16.0 Å². The smallest absolute Gasteiger partial charge is 0.345 e. The van der Waals surface area contributed by atoms with Crippen LogP contribution in [0.1, 0.15) is 15.9 Å². The van der Waals surface area contributed by atoms with Gasteiger partial charge in [-0.2, -0.15) is 0 Å². The van der Waals surface area contributed by atoms with Crippen molar-refractivity contribution in [1.82, 2.24) is 0 Å². The highest BCUT2D eigenvalue weighted by Crippen LogP contribution is 2.25. The molecule has 0 aliphatic rings. The Labute approximate surface area is 171 Å². The molecule has 5 nitrogen and oxygen atoms in total. The van der Waals surface area contributed by atoms with Gasteiger partial charge in [0.1, 0.15) is 23.3 Å². The lowest BCUT2D eigenvalue weighted by Crippen LogP contribution is -2.09. The molecule has 6 heteroatoms. The maximum Gasteiger partial charge on any atom is 0.345 e. The van der Waals surface area contributed by atoms with Gasteiger partial charge in [-0.15, -0.1) is 0 Å². The summed E-state index contributed by atoms with van der Waals surface area (Å²) in [4.78, 5) is 25.0. The summed E-state index contributed by atoms with van der Waals surface area (Å²) in [5.74, 6) is 0.240. The van der Waals surface area contributed by atoms with Crippen LogP contribution in [0.4, 0.5) is 0 Å². The fraction of sp³-hybridized carbons (Fsp3) is 0.0435. The van der Waals surface area contributed by atoms with Crippen LogP contribution >= 0.6 is 11.6 Å². The zero-order valence-electron chi connectivity index (χ0n) is 15.3. The molecule has 0 amide bonds. The minimum Gasteiger partial charge on any atom is -0.460 e. The lowest BCUT2D eigenvalue weighted by molar-refractivity contribution is 0.0735. The lowest BCUT2D eigenvalue weighted by atomic mass is 10.2. The normalized spacial score (nSPS) is 10.7. The molecule has 0 N–H and O–H groups in total. The van der Waals surface area contributed by atoms with Crippen molar-refractivity contribution >= 4 is 28.5 Å². The van der Waals surface area contributed by atoms with E-state index in [4.69, 9.17) is 25.5 Å². The first-order valence-corrected chi connectivity index (χ1v) is 9.16. The fourth-order valence-electron chi connectivity index (χ4n) is 2.75. The number of benzene rings is 3. The van der Waals surface area contributed by atoms with Gasteiger partial charge in [-0.3, -0.25) is 4.79 Å². The second kappa shape index (κ2) is 7.81. The Morgan fingerprint density at radius 2 is 1.69 bits per heavy atom. The molecule has 0 fully saturated rings. The van der Waals surface area contributed by atoms with E-state index >= 15 is 0 Å². The molecule has 0 unspecified atom stereocenters. The van der Waals surface area contributed by atoms with Gasteiger partial charge in [-0.05, 0) is 43.3 Å². The van der Waals surface area contributed by atoms with E-state index in [1.54, 1.807) is 36.4 Å². The van der Waals surface area contributed by atoms with Crippen LogP contribution in [0.3, 0.4) is 0 Å². The highest BCUT2D eigenvalue weighted by atomic mass is 35.5. The van der Waals surface area contributed by atoms with E-state index in [0.717, 1.165) is 5.56 Å². The zero-order chi connectivity index (χ0) is 20.4. The highest BCUT2D eigenvalue weighted by molar-refractivity contribution is 6.33. The third-order valence-corrected chi connectivity index (χ3v) is 4.60. The molecule has 29 heavy (non-hydrogen) atoms. The maximum atomic E-state index is 12.7. The van der Waals surface area contributed by atoms with Gasteiger partial charge in [0.2, 0.25) is 11.2 Å². The van der Waals surface area contributed by atoms with Crippen LogP contribution in [-0.4, -0.2) is 5.97 Å². The predicted octanol–water partition coefficient (Wildman–Crippen LogP) is 5.77. The van der Waals surface area contributed by atoms with Crippen molar-refractivity contribution in [3.63, 3.8) is 0 Å². The quantitative estimate of drug-likeness (QED) is 0.318. The standard InChI is InChI=1S/C23H15ClO5/c1-14-6-8-15(9-7-14)28-21-13-27-20-12-16(10-11-18(20)22(21)25)29-23(26)17-4-2-3-5-19(17)24/h2-13H,1H3. The number of ether oxygens (including phenoxy) is 2.